The SMILES string of the molecule is C[C@H](CC1=CCc2ccccc21)NC1=C(NCC(Cc2ccc(O)cc2)N(C)C)C(O)C1O. The lowest BCUT2D eigenvalue weighted by molar-refractivity contribution is 0.0231. The van der Waals surface area contributed by atoms with Crippen LogP contribution < -0.4 is 10.6 Å². The van der Waals surface area contributed by atoms with Crippen molar-refractivity contribution < 1.29 is 15.3 Å². The number of aliphatic hydroxyl groups excluding tert-OH is 2. The minimum atomic E-state index is -0.900. The Hall–Kier alpha value is -2.80. The smallest absolute Gasteiger partial charge is 0.127 e. The molecule has 0 bridgehead atoms. The molecule has 33 heavy (non-hydrogen) atoms. The Kier molecular flexibility index (Phi) is 7.08. The lowest BCUT2D eigenvalue weighted by atomic mass is 9.91. The van der Waals surface area contributed by atoms with Gasteiger partial charge >= 0.3 is 0 Å². The number of hydrogen-bond donors (Lipinski definition) is 5. The molecule has 176 valence electrons. The van der Waals surface area contributed by atoms with E-state index >= 15 is 0 Å². The number of rotatable bonds is 10. The fraction of sp³-hybridized carbons (Fsp3) is 0.407. The average molecular weight is 450 g/mol. The highest BCUT2D eigenvalue weighted by molar-refractivity contribution is 5.73. The largest absolute Gasteiger partial charge is 0.508 e. The Bertz CT molecular complexity index is 1030. The van der Waals surface area contributed by atoms with Crippen LogP contribution >= 0.6 is 0 Å². The summed E-state index contributed by atoms with van der Waals surface area (Å²) in [7, 11) is 4.06. The van der Waals surface area contributed by atoms with Gasteiger partial charge in [-0.15, -0.1) is 0 Å². The fourth-order valence-electron chi connectivity index (χ4n) is 4.66. The van der Waals surface area contributed by atoms with Crippen LogP contribution in [0.3, 0.4) is 0 Å². The molecule has 4 atom stereocenters. The van der Waals surface area contributed by atoms with Crippen LogP contribution in [-0.4, -0.2) is 65.2 Å². The molecule has 0 heterocycles. The van der Waals surface area contributed by atoms with Crippen LogP contribution in [0.5, 0.6) is 5.75 Å². The van der Waals surface area contributed by atoms with Crippen LogP contribution in [0.25, 0.3) is 5.57 Å². The van der Waals surface area contributed by atoms with Gasteiger partial charge in [-0.1, -0.05) is 42.5 Å². The topological polar surface area (TPSA) is 88.0 Å². The minimum Gasteiger partial charge on any atom is -0.508 e. The van der Waals surface area contributed by atoms with Crippen molar-refractivity contribution in [1.82, 2.24) is 15.5 Å². The molecule has 2 aliphatic rings. The Morgan fingerprint density at radius 2 is 1.67 bits per heavy atom. The first-order valence-electron chi connectivity index (χ1n) is 11.7. The van der Waals surface area contributed by atoms with Crippen LogP contribution in [0.4, 0.5) is 0 Å². The molecule has 5 N–H and O–H groups in total. The predicted octanol–water partition coefficient (Wildman–Crippen LogP) is 2.41. The average Bonchev–Trinajstić information content (AvgIpc) is 3.21. The molecule has 0 fully saturated rings. The van der Waals surface area contributed by atoms with E-state index in [1.54, 1.807) is 12.1 Å². The molecule has 2 aromatic rings. The lowest BCUT2D eigenvalue weighted by Gasteiger charge is -2.39. The standard InChI is InChI=1S/C27H35N3O3/c1-17(14-20-11-10-19-6-4-5-7-23(19)20)29-25-24(26(32)27(25)33)28-16-21(30(2)3)15-18-8-12-22(31)13-9-18/h4-9,11-13,17,21,26-29,31-33H,10,14-16H2,1-3H3/t17-,21?,26?,27?/m1/s1. The number of aromatic hydroxyl groups is 1. The van der Waals surface area contributed by atoms with E-state index in [9.17, 15) is 15.3 Å². The molecule has 2 aliphatic carbocycles. The zero-order valence-corrected chi connectivity index (χ0v) is 19.6. The highest BCUT2D eigenvalue weighted by Crippen LogP contribution is 2.32. The number of likely N-dealkylation sites (N-methyl/N-ethyl adjacent to an activating group) is 1. The summed E-state index contributed by atoms with van der Waals surface area (Å²) in [4.78, 5) is 2.14. The van der Waals surface area contributed by atoms with Crippen LogP contribution in [0.1, 0.15) is 30.0 Å². The van der Waals surface area contributed by atoms with Gasteiger partial charge in [-0.05, 0) is 74.7 Å². The second kappa shape index (κ2) is 10.00. The number of hydrogen-bond acceptors (Lipinski definition) is 6. The van der Waals surface area contributed by atoms with Crippen molar-refractivity contribution >= 4 is 5.57 Å². The first-order valence-corrected chi connectivity index (χ1v) is 11.7. The van der Waals surface area contributed by atoms with E-state index < -0.39 is 12.2 Å². The molecule has 0 radical (unpaired) electrons. The minimum absolute atomic E-state index is 0.123. The number of nitrogens with zero attached hydrogens (tertiary/aromatic N) is 1. The molecule has 6 heteroatoms. The van der Waals surface area contributed by atoms with Crippen molar-refractivity contribution in [3.05, 3.63) is 82.7 Å². The van der Waals surface area contributed by atoms with Crippen LogP contribution in [0.2, 0.25) is 0 Å². The first kappa shape index (κ1) is 23.4. The maximum Gasteiger partial charge on any atom is 0.127 e. The number of nitrogens with one attached hydrogen (secondary N) is 2. The third kappa shape index (κ3) is 5.24. The van der Waals surface area contributed by atoms with E-state index in [1.165, 1.54) is 16.7 Å². The van der Waals surface area contributed by atoms with Gasteiger partial charge in [0.25, 0.3) is 0 Å². The normalized spacial score (nSPS) is 21.3. The molecule has 0 aromatic heterocycles. The summed E-state index contributed by atoms with van der Waals surface area (Å²) in [6, 6.07) is 16.1. The zero-order valence-electron chi connectivity index (χ0n) is 19.6. The van der Waals surface area contributed by atoms with Gasteiger partial charge < -0.3 is 30.9 Å². The summed E-state index contributed by atoms with van der Waals surface area (Å²) in [5.41, 5.74) is 6.50. The Balaban J connectivity index is 1.38. The number of benzene rings is 2. The van der Waals surface area contributed by atoms with E-state index in [0.717, 1.165) is 24.8 Å². The van der Waals surface area contributed by atoms with Crippen LogP contribution in [-0.2, 0) is 12.8 Å². The van der Waals surface area contributed by atoms with E-state index in [-0.39, 0.29) is 17.8 Å². The van der Waals surface area contributed by atoms with Crippen molar-refractivity contribution in [3.63, 3.8) is 0 Å². The van der Waals surface area contributed by atoms with Gasteiger partial charge in [0, 0.05) is 18.6 Å². The molecular formula is C27H35N3O3. The van der Waals surface area contributed by atoms with Gasteiger partial charge in [-0.3, -0.25) is 0 Å². The highest BCUT2D eigenvalue weighted by atomic mass is 16.3. The van der Waals surface area contributed by atoms with E-state index in [0.29, 0.717) is 17.9 Å². The molecule has 0 saturated carbocycles. The lowest BCUT2D eigenvalue weighted by Crippen LogP contribution is -2.54. The second-order valence-electron chi connectivity index (χ2n) is 9.43. The molecule has 3 unspecified atom stereocenters. The van der Waals surface area contributed by atoms with Crippen molar-refractivity contribution in [2.45, 2.75) is 50.5 Å². The highest BCUT2D eigenvalue weighted by Gasteiger charge is 2.39. The van der Waals surface area contributed by atoms with Crippen LogP contribution in [0, 0.1) is 0 Å². The molecule has 0 aliphatic heterocycles. The number of phenols is 1. The second-order valence-corrected chi connectivity index (χ2v) is 9.43. The van der Waals surface area contributed by atoms with Crippen LogP contribution in [0.15, 0.2) is 66.0 Å². The maximum absolute atomic E-state index is 10.4. The number of fused-ring (bicyclic) bond motifs is 1. The maximum atomic E-state index is 10.4. The van der Waals surface area contributed by atoms with E-state index in [4.69, 9.17) is 0 Å². The Morgan fingerprint density at radius 3 is 2.39 bits per heavy atom. The Labute approximate surface area is 196 Å². The molecule has 0 spiro atoms. The monoisotopic (exact) mass is 449 g/mol. The summed E-state index contributed by atoms with van der Waals surface area (Å²) in [5.74, 6) is 0.261. The summed E-state index contributed by atoms with van der Waals surface area (Å²) < 4.78 is 0. The van der Waals surface area contributed by atoms with Gasteiger partial charge in [-0.25, -0.2) is 0 Å². The molecule has 2 aromatic carbocycles. The van der Waals surface area contributed by atoms with Crippen molar-refractivity contribution in [2.24, 2.45) is 0 Å². The van der Waals surface area contributed by atoms with Crippen molar-refractivity contribution in [2.75, 3.05) is 20.6 Å². The predicted molar refractivity (Wildman–Crippen MR) is 132 cm³/mol. The first-order chi connectivity index (χ1) is 15.8. The van der Waals surface area contributed by atoms with Crippen molar-refractivity contribution in [1.29, 1.82) is 0 Å². The molecule has 4 rings (SSSR count). The van der Waals surface area contributed by atoms with Gasteiger partial charge in [-0.2, -0.15) is 0 Å². The van der Waals surface area contributed by atoms with Crippen molar-refractivity contribution in [3.8, 4) is 5.75 Å². The van der Waals surface area contributed by atoms with Gasteiger partial charge in [0.05, 0.1) is 11.4 Å². The Morgan fingerprint density at radius 1 is 0.970 bits per heavy atom. The number of aliphatic hydroxyl groups is 2. The number of allylic oxidation sites excluding steroid dienone is 1. The molecular weight excluding hydrogens is 414 g/mol. The quantitative estimate of drug-likeness (QED) is 0.383. The summed E-state index contributed by atoms with van der Waals surface area (Å²) >= 11 is 0. The third-order valence-electron chi connectivity index (χ3n) is 6.71. The van der Waals surface area contributed by atoms with E-state index in [2.05, 4.69) is 52.8 Å². The summed E-state index contributed by atoms with van der Waals surface area (Å²) in [6.07, 6.45) is 3.13. The summed E-state index contributed by atoms with van der Waals surface area (Å²) in [5, 5.41) is 37.1. The summed E-state index contributed by atoms with van der Waals surface area (Å²) in [6.45, 7) is 2.74. The molecule has 0 amide bonds. The molecule has 0 saturated heterocycles. The zero-order chi connectivity index (χ0) is 23.5. The van der Waals surface area contributed by atoms with Gasteiger partial charge in [0.15, 0.2) is 0 Å². The van der Waals surface area contributed by atoms with Gasteiger partial charge in [0.1, 0.15) is 18.0 Å². The third-order valence-corrected chi connectivity index (χ3v) is 6.71. The fourth-order valence-corrected chi connectivity index (χ4v) is 4.66. The van der Waals surface area contributed by atoms with E-state index in [1.807, 2.05) is 26.2 Å². The number of phenolic OH excluding ortho intramolecular Hbond substituents is 1. The molecule has 6 nitrogen and oxygen atoms in total. The van der Waals surface area contributed by atoms with Gasteiger partial charge in [0.2, 0.25) is 0 Å².